The highest BCUT2D eigenvalue weighted by molar-refractivity contribution is 5.15. The molecule has 1 heterocycles. The molecule has 0 spiro atoms. The molecule has 0 aliphatic heterocycles. The lowest BCUT2D eigenvalue weighted by Crippen LogP contribution is -1.84. The van der Waals surface area contributed by atoms with E-state index in [1.54, 1.807) is 0 Å². The van der Waals surface area contributed by atoms with Crippen LogP contribution in [0.2, 0.25) is 0 Å². The summed E-state index contributed by atoms with van der Waals surface area (Å²) in [5.74, 6) is 2.17. The maximum absolute atomic E-state index is 8.48. The number of aromatic nitrogens is 1. The summed E-state index contributed by atoms with van der Waals surface area (Å²) >= 11 is 0. The minimum atomic E-state index is 0.363. The molecule has 0 aromatic carbocycles. The molecule has 3 nitrogen and oxygen atoms in total. The fourth-order valence-corrected chi connectivity index (χ4v) is 1.19. The van der Waals surface area contributed by atoms with Crippen LogP contribution in [0.25, 0.3) is 0 Å². The van der Waals surface area contributed by atoms with Crippen molar-refractivity contribution in [3.05, 3.63) is 17.3 Å². The van der Waals surface area contributed by atoms with Crippen molar-refractivity contribution in [2.24, 2.45) is 0 Å². The highest BCUT2D eigenvalue weighted by Gasteiger charge is 2.29. The van der Waals surface area contributed by atoms with Crippen molar-refractivity contribution in [1.29, 1.82) is 5.26 Å². The summed E-state index contributed by atoms with van der Waals surface area (Å²) < 4.78 is 5.43. The summed E-state index contributed by atoms with van der Waals surface area (Å²) in [6, 6.07) is 2.07. The molecule has 0 N–H and O–H groups in total. The minimum absolute atomic E-state index is 0.363. The Labute approximate surface area is 71.0 Å². The maximum atomic E-state index is 8.48. The van der Waals surface area contributed by atoms with Crippen molar-refractivity contribution >= 4 is 0 Å². The monoisotopic (exact) mass is 162 g/mol. The predicted octanol–water partition coefficient (Wildman–Crippen LogP) is 1.93. The van der Waals surface area contributed by atoms with E-state index in [1.807, 2.05) is 6.92 Å². The summed E-state index contributed by atoms with van der Waals surface area (Å²) in [7, 11) is 0. The number of oxazole rings is 1. The first kappa shape index (κ1) is 7.35. The molecule has 1 saturated carbocycles. The first-order chi connectivity index (χ1) is 5.81. The van der Waals surface area contributed by atoms with Crippen LogP contribution < -0.4 is 0 Å². The van der Waals surface area contributed by atoms with Crippen molar-refractivity contribution in [1.82, 2.24) is 4.98 Å². The predicted molar refractivity (Wildman–Crippen MR) is 42.5 cm³/mol. The van der Waals surface area contributed by atoms with E-state index >= 15 is 0 Å². The van der Waals surface area contributed by atoms with Gasteiger partial charge in [0, 0.05) is 5.92 Å². The van der Waals surface area contributed by atoms with Gasteiger partial charge in [0.1, 0.15) is 5.76 Å². The van der Waals surface area contributed by atoms with Crippen LogP contribution in [0, 0.1) is 18.3 Å². The third-order valence-electron chi connectivity index (χ3n) is 2.08. The van der Waals surface area contributed by atoms with Crippen molar-refractivity contribution in [3.63, 3.8) is 0 Å². The molecule has 3 heteroatoms. The standard InChI is InChI=1S/C9H10N2O/c1-6-8(4-5-10)11-9(12-6)7-2-3-7/h7H,2-4H2,1H3. The molecular formula is C9H10N2O. The fraction of sp³-hybridized carbons (Fsp3) is 0.556. The van der Waals surface area contributed by atoms with E-state index in [1.165, 1.54) is 12.8 Å². The Hall–Kier alpha value is -1.30. The quantitative estimate of drug-likeness (QED) is 0.667. The normalized spacial score (nSPS) is 16.0. The molecule has 1 aromatic rings. The van der Waals surface area contributed by atoms with Gasteiger partial charge in [-0.3, -0.25) is 0 Å². The second-order valence-electron chi connectivity index (χ2n) is 3.16. The molecule has 0 unspecified atom stereocenters. The highest BCUT2D eigenvalue weighted by Crippen LogP contribution is 2.39. The average molecular weight is 162 g/mol. The summed E-state index contributed by atoms with van der Waals surface area (Å²) in [4.78, 5) is 4.27. The molecule has 62 valence electrons. The Balaban J connectivity index is 2.25. The van der Waals surface area contributed by atoms with Crippen molar-refractivity contribution < 1.29 is 4.42 Å². The van der Waals surface area contributed by atoms with E-state index in [0.717, 1.165) is 17.3 Å². The third kappa shape index (κ3) is 1.20. The summed E-state index contributed by atoms with van der Waals surface area (Å²) in [6.07, 6.45) is 2.74. The van der Waals surface area contributed by atoms with Gasteiger partial charge >= 0.3 is 0 Å². The van der Waals surface area contributed by atoms with Crippen molar-refractivity contribution in [3.8, 4) is 6.07 Å². The van der Waals surface area contributed by atoms with Gasteiger partial charge in [-0.25, -0.2) is 4.98 Å². The second-order valence-corrected chi connectivity index (χ2v) is 3.16. The molecule has 1 aliphatic carbocycles. The largest absolute Gasteiger partial charge is 0.445 e. The van der Waals surface area contributed by atoms with Gasteiger partial charge in [0.15, 0.2) is 5.89 Å². The molecular weight excluding hydrogens is 152 g/mol. The Bertz CT molecular complexity index is 331. The maximum Gasteiger partial charge on any atom is 0.197 e. The van der Waals surface area contributed by atoms with E-state index in [9.17, 15) is 0 Å². The van der Waals surface area contributed by atoms with Crippen LogP contribution in [0.1, 0.15) is 36.1 Å². The van der Waals surface area contributed by atoms with E-state index in [0.29, 0.717) is 12.3 Å². The summed E-state index contributed by atoms with van der Waals surface area (Å²) in [5.41, 5.74) is 0.805. The molecule has 0 saturated heterocycles. The van der Waals surface area contributed by atoms with E-state index in [4.69, 9.17) is 9.68 Å². The summed E-state index contributed by atoms with van der Waals surface area (Å²) in [5, 5.41) is 8.48. The van der Waals surface area contributed by atoms with Gasteiger partial charge in [-0.2, -0.15) is 5.26 Å². The third-order valence-corrected chi connectivity index (χ3v) is 2.08. The van der Waals surface area contributed by atoms with Crippen LogP contribution in [-0.4, -0.2) is 4.98 Å². The van der Waals surface area contributed by atoms with Gasteiger partial charge in [-0.15, -0.1) is 0 Å². The van der Waals surface area contributed by atoms with Crippen LogP contribution in [0.5, 0.6) is 0 Å². The van der Waals surface area contributed by atoms with E-state index in [-0.39, 0.29) is 0 Å². The lowest BCUT2D eigenvalue weighted by molar-refractivity contribution is 0.472. The number of hydrogen-bond donors (Lipinski definition) is 0. The van der Waals surface area contributed by atoms with Gasteiger partial charge in [0.05, 0.1) is 18.2 Å². The second kappa shape index (κ2) is 2.63. The van der Waals surface area contributed by atoms with Crippen LogP contribution in [-0.2, 0) is 6.42 Å². The lowest BCUT2D eigenvalue weighted by Gasteiger charge is -1.83. The summed E-state index contributed by atoms with van der Waals surface area (Å²) in [6.45, 7) is 1.87. The lowest BCUT2D eigenvalue weighted by atomic mass is 10.3. The smallest absolute Gasteiger partial charge is 0.197 e. The Kier molecular flexibility index (Phi) is 1.61. The van der Waals surface area contributed by atoms with Crippen LogP contribution in [0.15, 0.2) is 4.42 Å². The molecule has 12 heavy (non-hydrogen) atoms. The number of rotatable bonds is 2. The highest BCUT2D eigenvalue weighted by atomic mass is 16.4. The van der Waals surface area contributed by atoms with E-state index < -0.39 is 0 Å². The Morgan fingerprint density at radius 3 is 3.00 bits per heavy atom. The zero-order valence-electron chi connectivity index (χ0n) is 7.00. The zero-order chi connectivity index (χ0) is 8.55. The van der Waals surface area contributed by atoms with Crippen LogP contribution >= 0.6 is 0 Å². The molecule has 1 aromatic heterocycles. The van der Waals surface area contributed by atoms with Crippen molar-refractivity contribution in [2.45, 2.75) is 32.1 Å². The van der Waals surface area contributed by atoms with Gasteiger partial charge in [0.25, 0.3) is 0 Å². The van der Waals surface area contributed by atoms with E-state index in [2.05, 4.69) is 11.1 Å². The average Bonchev–Trinajstić information content (AvgIpc) is 2.80. The molecule has 1 fully saturated rings. The SMILES string of the molecule is Cc1oc(C2CC2)nc1CC#N. The minimum Gasteiger partial charge on any atom is -0.445 e. The van der Waals surface area contributed by atoms with Gasteiger partial charge in [-0.05, 0) is 19.8 Å². The number of aryl methyl sites for hydroxylation is 1. The fourth-order valence-electron chi connectivity index (χ4n) is 1.19. The first-order valence-corrected chi connectivity index (χ1v) is 4.14. The number of nitriles is 1. The Morgan fingerprint density at radius 2 is 2.42 bits per heavy atom. The zero-order valence-corrected chi connectivity index (χ0v) is 7.00. The Morgan fingerprint density at radius 1 is 1.67 bits per heavy atom. The van der Waals surface area contributed by atoms with Crippen LogP contribution in [0.4, 0.5) is 0 Å². The molecule has 0 radical (unpaired) electrons. The van der Waals surface area contributed by atoms with Crippen LogP contribution in [0.3, 0.4) is 0 Å². The van der Waals surface area contributed by atoms with Gasteiger partial charge < -0.3 is 4.42 Å². The molecule has 2 rings (SSSR count). The van der Waals surface area contributed by atoms with Crippen molar-refractivity contribution in [2.75, 3.05) is 0 Å². The molecule has 1 aliphatic rings. The topological polar surface area (TPSA) is 49.8 Å². The number of hydrogen-bond acceptors (Lipinski definition) is 3. The van der Waals surface area contributed by atoms with Gasteiger partial charge in [0.2, 0.25) is 0 Å². The number of nitrogens with zero attached hydrogens (tertiary/aromatic N) is 2. The molecule has 0 bridgehead atoms. The van der Waals surface area contributed by atoms with Gasteiger partial charge in [-0.1, -0.05) is 0 Å². The first-order valence-electron chi connectivity index (χ1n) is 4.14. The molecule has 0 atom stereocenters. The molecule has 0 amide bonds.